The number of carbonyl (C=O) groups excluding carboxylic acids is 1. The zero-order valence-electron chi connectivity index (χ0n) is 13.3. The second-order valence-electron chi connectivity index (χ2n) is 5.98. The second-order valence-corrected chi connectivity index (χ2v) is 6.83. The van der Waals surface area contributed by atoms with Gasteiger partial charge in [0.25, 0.3) is 0 Å². The quantitative estimate of drug-likeness (QED) is 0.839. The Morgan fingerprint density at radius 2 is 1.95 bits per heavy atom. The molecule has 0 aliphatic heterocycles. The van der Waals surface area contributed by atoms with Crippen LogP contribution in [0.1, 0.15) is 38.8 Å². The van der Waals surface area contributed by atoms with Gasteiger partial charge < -0.3 is 4.90 Å². The van der Waals surface area contributed by atoms with Crippen LogP contribution in [0.3, 0.4) is 0 Å². The fourth-order valence-electron chi connectivity index (χ4n) is 2.20. The van der Waals surface area contributed by atoms with Crippen molar-refractivity contribution in [3.63, 3.8) is 0 Å². The van der Waals surface area contributed by atoms with Crippen LogP contribution in [0.15, 0.2) is 22.7 Å². The summed E-state index contributed by atoms with van der Waals surface area (Å²) in [6.45, 7) is 6.17. The fraction of sp³-hybridized carbons (Fsp3) is 0.562. The van der Waals surface area contributed by atoms with Crippen molar-refractivity contribution in [2.45, 2.75) is 39.3 Å². The molecule has 5 heteroatoms. The molecule has 0 aromatic heterocycles. The highest BCUT2D eigenvalue weighted by Gasteiger charge is 2.23. The molecule has 0 heterocycles. The van der Waals surface area contributed by atoms with E-state index in [0.29, 0.717) is 10.4 Å². The van der Waals surface area contributed by atoms with Crippen LogP contribution in [0.25, 0.3) is 0 Å². The Morgan fingerprint density at radius 1 is 1.33 bits per heavy atom. The first-order chi connectivity index (χ1) is 9.72. The number of hydrogen-bond acceptors (Lipinski definition) is 2. The van der Waals surface area contributed by atoms with Crippen molar-refractivity contribution in [1.29, 1.82) is 0 Å². The minimum Gasteiger partial charge on any atom is -0.347 e. The van der Waals surface area contributed by atoms with Crippen LogP contribution in [0.5, 0.6) is 0 Å². The van der Waals surface area contributed by atoms with E-state index in [0.717, 1.165) is 12.0 Å². The monoisotopic (exact) mass is 358 g/mol. The lowest BCUT2D eigenvalue weighted by Crippen LogP contribution is -2.45. The number of halogens is 2. The van der Waals surface area contributed by atoms with Crippen molar-refractivity contribution in [3.8, 4) is 0 Å². The van der Waals surface area contributed by atoms with E-state index in [4.69, 9.17) is 0 Å². The first-order valence-electron chi connectivity index (χ1n) is 7.14. The van der Waals surface area contributed by atoms with E-state index in [9.17, 15) is 9.18 Å². The van der Waals surface area contributed by atoms with Gasteiger partial charge in [-0.25, -0.2) is 4.39 Å². The minimum absolute atomic E-state index is 0.0328. The zero-order chi connectivity index (χ0) is 16.2. The lowest BCUT2D eigenvalue weighted by atomic mass is 10.0. The van der Waals surface area contributed by atoms with Gasteiger partial charge in [0.1, 0.15) is 5.82 Å². The Labute approximate surface area is 135 Å². The maximum atomic E-state index is 13.3. The van der Waals surface area contributed by atoms with E-state index in [1.165, 1.54) is 6.07 Å². The Bertz CT molecular complexity index is 491. The third kappa shape index (κ3) is 5.40. The van der Waals surface area contributed by atoms with Crippen LogP contribution in [-0.2, 0) is 4.79 Å². The Morgan fingerprint density at radius 3 is 2.43 bits per heavy atom. The van der Waals surface area contributed by atoms with Gasteiger partial charge in [-0.05, 0) is 52.9 Å². The molecular weight excluding hydrogens is 335 g/mol. The average molecular weight is 359 g/mol. The van der Waals surface area contributed by atoms with Crippen molar-refractivity contribution in [1.82, 2.24) is 10.2 Å². The zero-order valence-corrected chi connectivity index (χ0v) is 14.9. The largest absolute Gasteiger partial charge is 0.347 e. The lowest BCUT2D eigenvalue weighted by molar-refractivity contribution is -0.131. The topological polar surface area (TPSA) is 32.3 Å². The number of hydrogen-bond donors (Lipinski definition) is 1. The number of benzene rings is 1. The molecule has 2 unspecified atom stereocenters. The van der Waals surface area contributed by atoms with Crippen molar-refractivity contribution < 1.29 is 9.18 Å². The van der Waals surface area contributed by atoms with Gasteiger partial charge in [-0.15, -0.1) is 0 Å². The molecule has 1 amide bonds. The number of nitrogens with one attached hydrogen (secondary N) is 1. The predicted octanol–water partition coefficient (Wildman–Crippen LogP) is 3.74. The summed E-state index contributed by atoms with van der Waals surface area (Å²) < 4.78 is 13.7. The SMILES string of the molecule is CC(C)CC(NC(C)c1ccc(F)c(Br)c1)C(=O)N(C)C. The van der Waals surface area contributed by atoms with Crippen LogP contribution in [0, 0.1) is 11.7 Å². The van der Waals surface area contributed by atoms with Crippen LogP contribution >= 0.6 is 15.9 Å². The van der Waals surface area contributed by atoms with Crippen molar-refractivity contribution in [2.24, 2.45) is 5.92 Å². The third-order valence-electron chi connectivity index (χ3n) is 3.34. The molecule has 1 aromatic rings. The third-order valence-corrected chi connectivity index (χ3v) is 3.95. The number of nitrogens with zero attached hydrogens (tertiary/aromatic N) is 1. The van der Waals surface area contributed by atoms with Gasteiger partial charge in [-0.2, -0.15) is 0 Å². The molecule has 1 aromatic carbocycles. The molecule has 21 heavy (non-hydrogen) atoms. The molecule has 1 rings (SSSR count). The summed E-state index contributed by atoms with van der Waals surface area (Å²) in [7, 11) is 3.52. The fourth-order valence-corrected chi connectivity index (χ4v) is 2.60. The van der Waals surface area contributed by atoms with E-state index >= 15 is 0 Å². The molecule has 1 N–H and O–H groups in total. The van der Waals surface area contributed by atoms with E-state index < -0.39 is 0 Å². The van der Waals surface area contributed by atoms with E-state index in [1.807, 2.05) is 6.92 Å². The van der Waals surface area contributed by atoms with Crippen LogP contribution in [0.2, 0.25) is 0 Å². The number of amides is 1. The number of carbonyl (C=O) groups is 1. The Kier molecular flexibility index (Phi) is 6.81. The Hall–Kier alpha value is -0.940. The summed E-state index contributed by atoms with van der Waals surface area (Å²) in [5.74, 6) is 0.198. The molecule has 3 nitrogen and oxygen atoms in total. The highest BCUT2D eigenvalue weighted by molar-refractivity contribution is 9.10. The second kappa shape index (κ2) is 7.90. The molecule has 0 aliphatic rings. The van der Waals surface area contributed by atoms with Gasteiger partial charge in [0.15, 0.2) is 0 Å². The molecule has 0 fully saturated rings. The predicted molar refractivity (Wildman–Crippen MR) is 87.6 cm³/mol. The number of rotatable bonds is 6. The molecule has 0 aliphatic carbocycles. The standard InChI is InChI=1S/C16H24BrFN2O/c1-10(2)8-15(16(21)20(4)5)19-11(3)12-6-7-14(18)13(17)9-12/h6-7,9-11,15,19H,8H2,1-5H3. The van der Waals surface area contributed by atoms with Gasteiger partial charge >= 0.3 is 0 Å². The van der Waals surface area contributed by atoms with E-state index in [1.54, 1.807) is 31.1 Å². The van der Waals surface area contributed by atoms with Gasteiger partial charge in [0, 0.05) is 20.1 Å². The van der Waals surface area contributed by atoms with Gasteiger partial charge in [-0.3, -0.25) is 10.1 Å². The van der Waals surface area contributed by atoms with E-state index in [-0.39, 0.29) is 23.8 Å². The first-order valence-corrected chi connectivity index (χ1v) is 7.93. The molecule has 0 saturated carbocycles. The molecule has 118 valence electrons. The molecular formula is C16H24BrFN2O. The minimum atomic E-state index is -0.283. The summed E-state index contributed by atoms with van der Waals surface area (Å²) in [5.41, 5.74) is 0.948. The molecule has 0 spiro atoms. The number of likely N-dealkylation sites (N-methyl/N-ethyl adjacent to an activating group) is 1. The van der Waals surface area contributed by atoms with Crippen LogP contribution < -0.4 is 5.32 Å². The first kappa shape index (κ1) is 18.1. The smallest absolute Gasteiger partial charge is 0.239 e. The summed E-state index contributed by atoms with van der Waals surface area (Å²) in [6.07, 6.45) is 0.768. The van der Waals surface area contributed by atoms with Crippen LogP contribution in [0.4, 0.5) is 4.39 Å². The highest BCUT2D eigenvalue weighted by Crippen LogP contribution is 2.22. The van der Waals surface area contributed by atoms with Gasteiger partial charge in [-0.1, -0.05) is 19.9 Å². The van der Waals surface area contributed by atoms with Crippen molar-refractivity contribution in [2.75, 3.05) is 14.1 Å². The van der Waals surface area contributed by atoms with Crippen molar-refractivity contribution in [3.05, 3.63) is 34.1 Å². The van der Waals surface area contributed by atoms with Gasteiger partial charge in [0.2, 0.25) is 5.91 Å². The van der Waals surface area contributed by atoms with Crippen molar-refractivity contribution >= 4 is 21.8 Å². The summed E-state index contributed by atoms with van der Waals surface area (Å²) in [6, 6.07) is 4.65. The molecule has 2 atom stereocenters. The summed E-state index contributed by atoms with van der Waals surface area (Å²) >= 11 is 3.20. The average Bonchev–Trinajstić information content (AvgIpc) is 2.39. The van der Waals surface area contributed by atoms with Gasteiger partial charge in [0.05, 0.1) is 10.5 Å². The molecule has 0 saturated heterocycles. The summed E-state index contributed by atoms with van der Waals surface area (Å²) in [4.78, 5) is 13.9. The lowest BCUT2D eigenvalue weighted by Gasteiger charge is -2.26. The molecule has 0 bridgehead atoms. The van der Waals surface area contributed by atoms with Crippen LogP contribution in [-0.4, -0.2) is 30.9 Å². The maximum absolute atomic E-state index is 13.3. The highest BCUT2D eigenvalue weighted by atomic mass is 79.9. The van der Waals surface area contributed by atoms with E-state index in [2.05, 4.69) is 35.1 Å². The Balaban J connectivity index is 2.86. The maximum Gasteiger partial charge on any atom is 0.239 e. The molecule has 0 radical (unpaired) electrons. The normalized spacial score (nSPS) is 14.1. The summed E-state index contributed by atoms with van der Waals surface area (Å²) in [5, 5.41) is 3.36.